The molecule has 3 aromatic carbocycles. The van der Waals surface area contributed by atoms with E-state index in [1.807, 2.05) is 62.4 Å². The maximum absolute atomic E-state index is 13.4. The van der Waals surface area contributed by atoms with Crippen molar-refractivity contribution in [1.29, 1.82) is 0 Å². The molecule has 0 atom stereocenters. The molecule has 1 aliphatic rings. The van der Waals surface area contributed by atoms with Gasteiger partial charge >= 0.3 is 0 Å². The zero-order valence-electron chi connectivity index (χ0n) is 18.8. The fraction of sp³-hybridized carbons (Fsp3) is 0.269. The maximum Gasteiger partial charge on any atom is 0.261 e. The van der Waals surface area contributed by atoms with Gasteiger partial charge in [-0.05, 0) is 67.6 Å². The van der Waals surface area contributed by atoms with Crippen LogP contribution in [0.3, 0.4) is 0 Å². The lowest BCUT2D eigenvalue weighted by atomic mass is 9.73. The number of hydrogen-bond donors (Lipinski definition) is 2. The molecule has 1 saturated heterocycles. The number of para-hydroxylation sites is 1. The Morgan fingerprint density at radius 1 is 0.848 bits per heavy atom. The Balaban J connectivity index is 1.54. The number of anilines is 2. The monoisotopic (exact) mass is 464 g/mol. The van der Waals surface area contributed by atoms with E-state index in [1.165, 1.54) is 12.1 Å². The van der Waals surface area contributed by atoms with Crippen molar-refractivity contribution in [3.8, 4) is 0 Å². The van der Waals surface area contributed by atoms with Gasteiger partial charge in [0.05, 0.1) is 16.0 Å². The summed E-state index contributed by atoms with van der Waals surface area (Å²) in [6, 6.07) is 21.6. The summed E-state index contributed by atoms with van der Waals surface area (Å²) < 4.78 is 34.0. The highest BCUT2D eigenvalue weighted by molar-refractivity contribution is 7.92. The first-order valence-electron chi connectivity index (χ1n) is 11.0. The Bertz CT molecular complexity index is 1210. The van der Waals surface area contributed by atoms with Gasteiger partial charge in [0.2, 0.25) is 5.91 Å². The van der Waals surface area contributed by atoms with Crippen molar-refractivity contribution in [3.05, 3.63) is 89.5 Å². The molecule has 1 heterocycles. The minimum atomic E-state index is -3.76. The SMILES string of the molecule is Cc1cccc(C)c1NS(=O)(=O)c1ccc(NC(=O)C2(c3ccccc3)CCOCC2)cc1. The molecule has 7 heteroatoms. The average Bonchev–Trinajstić information content (AvgIpc) is 2.83. The molecule has 6 nitrogen and oxygen atoms in total. The van der Waals surface area contributed by atoms with E-state index in [0.29, 0.717) is 37.4 Å². The fourth-order valence-electron chi connectivity index (χ4n) is 4.26. The van der Waals surface area contributed by atoms with Crippen molar-refractivity contribution in [2.45, 2.75) is 37.0 Å². The minimum Gasteiger partial charge on any atom is -0.381 e. The minimum absolute atomic E-state index is 0.110. The molecule has 1 aliphatic heterocycles. The third kappa shape index (κ3) is 4.79. The molecule has 0 saturated carbocycles. The number of rotatable bonds is 6. The molecule has 3 aromatic rings. The van der Waals surface area contributed by atoms with Crippen LogP contribution in [-0.2, 0) is 25.0 Å². The molecule has 0 radical (unpaired) electrons. The van der Waals surface area contributed by atoms with Gasteiger partial charge in [-0.1, -0.05) is 48.5 Å². The summed E-state index contributed by atoms with van der Waals surface area (Å²) in [5, 5.41) is 2.99. The molecule has 4 rings (SSSR count). The second-order valence-electron chi connectivity index (χ2n) is 8.41. The van der Waals surface area contributed by atoms with Crippen molar-refractivity contribution in [2.75, 3.05) is 23.3 Å². The molecule has 0 spiro atoms. The van der Waals surface area contributed by atoms with Gasteiger partial charge in [0.25, 0.3) is 10.0 Å². The van der Waals surface area contributed by atoms with Crippen molar-refractivity contribution >= 4 is 27.3 Å². The third-order valence-corrected chi connectivity index (χ3v) is 7.61. The van der Waals surface area contributed by atoms with E-state index in [-0.39, 0.29) is 10.8 Å². The van der Waals surface area contributed by atoms with E-state index in [0.717, 1.165) is 16.7 Å². The summed E-state index contributed by atoms with van der Waals surface area (Å²) in [4.78, 5) is 13.5. The number of nitrogens with one attached hydrogen (secondary N) is 2. The molecule has 33 heavy (non-hydrogen) atoms. The number of carbonyl (C=O) groups is 1. The van der Waals surface area contributed by atoms with E-state index < -0.39 is 15.4 Å². The molecular weight excluding hydrogens is 436 g/mol. The first kappa shape index (κ1) is 23.0. The van der Waals surface area contributed by atoms with E-state index in [4.69, 9.17) is 4.74 Å². The van der Waals surface area contributed by atoms with Crippen LogP contribution in [0, 0.1) is 13.8 Å². The van der Waals surface area contributed by atoms with E-state index in [1.54, 1.807) is 12.1 Å². The first-order chi connectivity index (χ1) is 15.8. The van der Waals surface area contributed by atoms with Gasteiger partial charge < -0.3 is 10.1 Å². The summed E-state index contributed by atoms with van der Waals surface area (Å²) >= 11 is 0. The Morgan fingerprint density at radius 3 is 2.06 bits per heavy atom. The Kier molecular flexibility index (Phi) is 6.54. The quantitative estimate of drug-likeness (QED) is 0.549. The van der Waals surface area contributed by atoms with Crippen LogP contribution in [0.5, 0.6) is 0 Å². The highest BCUT2D eigenvalue weighted by atomic mass is 32.2. The average molecular weight is 465 g/mol. The second kappa shape index (κ2) is 9.37. The van der Waals surface area contributed by atoms with Crippen LogP contribution < -0.4 is 10.0 Å². The number of ether oxygens (including phenoxy) is 1. The molecule has 1 fully saturated rings. The van der Waals surface area contributed by atoms with Crippen molar-refractivity contribution in [2.24, 2.45) is 0 Å². The Morgan fingerprint density at radius 2 is 1.45 bits per heavy atom. The summed E-state index contributed by atoms with van der Waals surface area (Å²) in [5.74, 6) is -0.110. The van der Waals surface area contributed by atoms with Gasteiger partial charge in [0.15, 0.2) is 0 Å². The number of hydrogen-bond acceptors (Lipinski definition) is 4. The molecule has 0 aromatic heterocycles. The van der Waals surface area contributed by atoms with Gasteiger partial charge in [0.1, 0.15) is 0 Å². The topological polar surface area (TPSA) is 84.5 Å². The van der Waals surface area contributed by atoms with Crippen molar-refractivity contribution in [1.82, 2.24) is 0 Å². The summed E-state index contributed by atoms with van der Waals surface area (Å²) in [6.45, 7) is 4.76. The smallest absolute Gasteiger partial charge is 0.261 e. The van der Waals surface area contributed by atoms with Crippen LogP contribution in [0.25, 0.3) is 0 Å². The lowest BCUT2D eigenvalue weighted by Gasteiger charge is -2.36. The Hall–Kier alpha value is -3.16. The number of aryl methyl sites for hydroxylation is 2. The standard InChI is InChI=1S/C26H28N2O4S/c1-19-7-6-8-20(2)24(19)28-33(30,31)23-13-11-22(12-14-23)27-25(29)26(15-17-32-18-16-26)21-9-4-3-5-10-21/h3-14,28H,15-18H2,1-2H3,(H,27,29). The van der Waals surface area contributed by atoms with Gasteiger partial charge in [-0.15, -0.1) is 0 Å². The summed E-state index contributed by atoms with van der Waals surface area (Å²) in [7, 11) is -3.76. The second-order valence-corrected chi connectivity index (χ2v) is 10.1. The highest BCUT2D eigenvalue weighted by Gasteiger charge is 2.41. The van der Waals surface area contributed by atoms with Crippen LogP contribution in [0.4, 0.5) is 11.4 Å². The molecule has 0 aliphatic carbocycles. The van der Waals surface area contributed by atoms with Crippen LogP contribution >= 0.6 is 0 Å². The summed E-state index contributed by atoms with van der Waals surface area (Å²) in [6.07, 6.45) is 1.18. The predicted molar refractivity (Wildman–Crippen MR) is 130 cm³/mol. The normalized spacial score (nSPS) is 15.6. The number of carbonyl (C=O) groups excluding carboxylic acids is 1. The van der Waals surface area contributed by atoms with Gasteiger partial charge in [0, 0.05) is 18.9 Å². The van der Waals surface area contributed by atoms with E-state index >= 15 is 0 Å². The highest BCUT2D eigenvalue weighted by Crippen LogP contribution is 2.36. The fourth-order valence-corrected chi connectivity index (χ4v) is 5.46. The first-order valence-corrected chi connectivity index (χ1v) is 12.4. The van der Waals surface area contributed by atoms with Crippen LogP contribution in [0.15, 0.2) is 77.7 Å². The van der Waals surface area contributed by atoms with Crippen LogP contribution in [0.1, 0.15) is 29.5 Å². The maximum atomic E-state index is 13.4. The molecule has 1 amide bonds. The van der Waals surface area contributed by atoms with Crippen molar-refractivity contribution in [3.63, 3.8) is 0 Å². The van der Waals surface area contributed by atoms with Crippen molar-refractivity contribution < 1.29 is 17.9 Å². The lowest BCUT2D eigenvalue weighted by Crippen LogP contribution is -2.44. The van der Waals surface area contributed by atoms with Crippen LogP contribution in [0.2, 0.25) is 0 Å². The molecule has 2 N–H and O–H groups in total. The van der Waals surface area contributed by atoms with Gasteiger partial charge in [-0.25, -0.2) is 8.42 Å². The largest absolute Gasteiger partial charge is 0.381 e. The molecule has 172 valence electrons. The van der Waals surface area contributed by atoms with E-state index in [9.17, 15) is 13.2 Å². The van der Waals surface area contributed by atoms with Crippen LogP contribution in [-0.4, -0.2) is 27.5 Å². The number of sulfonamides is 1. The number of benzene rings is 3. The molecular formula is C26H28N2O4S. The zero-order chi connectivity index (χ0) is 23.5. The van der Waals surface area contributed by atoms with E-state index in [2.05, 4.69) is 10.0 Å². The number of amides is 1. The zero-order valence-corrected chi connectivity index (χ0v) is 19.6. The molecule has 0 bridgehead atoms. The summed E-state index contributed by atoms with van der Waals surface area (Å²) in [5.41, 5.74) is 3.12. The molecule has 0 unspecified atom stereocenters. The van der Waals surface area contributed by atoms with Gasteiger partial charge in [-0.2, -0.15) is 0 Å². The lowest BCUT2D eigenvalue weighted by molar-refractivity contribution is -0.125. The Labute approximate surface area is 195 Å². The predicted octanol–water partition coefficient (Wildman–Crippen LogP) is 4.79. The van der Waals surface area contributed by atoms with Gasteiger partial charge in [-0.3, -0.25) is 9.52 Å². The third-order valence-electron chi connectivity index (χ3n) is 6.25.